The van der Waals surface area contributed by atoms with Crippen molar-refractivity contribution in [1.29, 1.82) is 0 Å². The predicted octanol–water partition coefficient (Wildman–Crippen LogP) is 6.56. The summed E-state index contributed by atoms with van der Waals surface area (Å²) in [4.78, 5) is 0. The molecule has 0 atom stereocenters. The molecule has 0 saturated heterocycles. The van der Waals surface area contributed by atoms with Crippen LogP contribution in [0.4, 0.5) is 0 Å². The normalized spacial score (nSPS) is 10.0. The third-order valence-electron chi connectivity index (χ3n) is 3.73. The summed E-state index contributed by atoms with van der Waals surface area (Å²) in [7, 11) is 0. The summed E-state index contributed by atoms with van der Waals surface area (Å²) in [5.74, 6) is 2.74. The van der Waals surface area contributed by atoms with Crippen LogP contribution in [-0.4, -0.2) is 0 Å². The van der Waals surface area contributed by atoms with Gasteiger partial charge >= 0.3 is 0 Å². The van der Waals surface area contributed by atoms with Crippen LogP contribution >= 0.6 is 23.2 Å². The Morgan fingerprint density at radius 2 is 1.25 bits per heavy atom. The molecule has 0 spiro atoms. The molecule has 24 heavy (non-hydrogen) atoms. The molecule has 0 radical (unpaired) electrons. The van der Waals surface area contributed by atoms with Gasteiger partial charge in [-0.05, 0) is 58.7 Å². The van der Waals surface area contributed by atoms with Gasteiger partial charge in [-0.3, -0.25) is 0 Å². The third kappa shape index (κ3) is 3.71. The van der Waals surface area contributed by atoms with E-state index in [1.54, 1.807) is 0 Å². The van der Waals surface area contributed by atoms with E-state index in [0.717, 1.165) is 27.8 Å². The van der Waals surface area contributed by atoms with Gasteiger partial charge in [0.25, 0.3) is 0 Å². The van der Waals surface area contributed by atoms with E-state index in [2.05, 4.69) is 12.0 Å². The maximum Gasteiger partial charge on any atom is 0.0406 e. The Bertz CT molecular complexity index is 864. The number of benzene rings is 3. The van der Waals surface area contributed by atoms with E-state index >= 15 is 0 Å². The predicted molar refractivity (Wildman–Crippen MR) is 104 cm³/mol. The second-order valence-corrected chi connectivity index (χ2v) is 6.18. The lowest BCUT2D eigenvalue weighted by atomic mass is 9.94. The highest BCUT2D eigenvalue weighted by Crippen LogP contribution is 2.29. The zero-order valence-corrected chi connectivity index (χ0v) is 14.4. The van der Waals surface area contributed by atoms with E-state index in [1.807, 2.05) is 72.8 Å². The molecule has 0 saturated carbocycles. The Morgan fingerprint density at radius 1 is 0.750 bits per heavy atom. The molecule has 0 nitrogen and oxygen atoms in total. The van der Waals surface area contributed by atoms with E-state index in [4.69, 9.17) is 29.6 Å². The highest BCUT2D eigenvalue weighted by molar-refractivity contribution is 6.31. The smallest absolute Gasteiger partial charge is 0.0406 e. The Hall–Kier alpha value is -2.46. The molecule has 0 aliphatic carbocycles. The second-order valence-electron chi connectivity index (χ2n) is 5.30. The molecule has 3 aromatic rings. The summed E-state index contributed by atoms with van der Waals surface area (Å²) in [6, 6.07) is 23.4. The van der Waals surface area contributed by atoms with E-state index in [9.17, 15) is 0 Å². The molecule has 0 amide bonds. The summed E-state index contributed by atoms with van der Waals surface area (Å²) >= 11 is 12.1. The monoisotopic (exact) mass is 348 g/mol. The molecule has 3 aromatic carbocycles. The molecular formula is C22H14Cl2. The van der Waals surface area contributed by atoms with E-state index in [-0.39, 0.29) is 0 Å². The van der Waals surface area contributed by atoms with E-state index in [1.165, 1.54) is 0 Å². The van der Waals surface area contributed by atoms with Gasteiger partial charge in [-0.15, -0.1) is 6.42 Å². The third-order valence-corrected chi connectivity index (χ3v) is 4.23. The van der Waals surface area contributed by atoms with Crippen molar-refractivity contribution in [2.24, 2.45) is 0 Å². The molecule has 3 rings (SSSR count). The Morgan fingerprint density at radius 3 is 1.75 bits per heavy atom. The van der Waals surface area contributed by atoms with Crippen LogP contribution in [0.3, 0.4) is 0 Å². The molecule has 0 fully saturated rings. The lowest BCUT2D eigenvalue weighted by Crippen LogP contribution is -1.90. The van der Waals surface area contributed by atoms with Gasteiger partial charge in [0.15, 0.2) is 0 Å². The van der Waals surface area contributed by atoms with Gasteiger partial charge < -0.3 is 0 Å². The van der Waals surface area contributed by atoms with Crippen LogP contribution in [-0.2, 0) is 0 Å². The maximum atomic E-state index is 6.03. The zero-order valence-electron chi connectivity index (χ0n) is 12.8. The lowest BCUT2D eigenvalue weighted by molar-refractivity contribution is 1.54. The van der Waals surface area contributed by atoms with Gasteiger partial charge in [0.05, 0.1) is 0 Å². The minimum Gasteiger partial charge on any atom is -0.115 e. The highest BCUT2D eigenvalue weighted by Gasteiger charge is 2.07. The van der Waals surface area contributed by atoms with Gasteiger partial charge in [-0.1, -0.05) is 71.6 Å². The number of halogens is 2. The topological polar surface area (TPSA) is 0 Å². The molecule has 0 heterocycles. The summed E-state index contributed by atoms with van der Waals surface area (Å²) in [5.41, 5.74) is 5.05. The molecular weight excluding hydrogens is 335 g/mol. The van der Waals surface area contributed by atoms with E-state index < -0.39 is 0 Å². The fraction of sp³-hybridized carbons (Fsp3) is 0. The van der Waals surface area contributed by atoms with Crippen molar-refractivity contribution in [2.45, 2.75) is 0 Å². The molecule has 0 bridgehead atoms. The first-order valence-electron chi connectivity index (χ1n) is 7.46. The van der Waals surface area contributed by atoms with Crippen molar-refractivity contribution in [3.8, 4) is 12.3 Å². The van der Waals surface area contributed by atoms with Crippen LogP contribution in [0, 0.1) is 12.3 Å². The van der Waals surface area contributed by atoms with Gasteiger partial charge in [0.1, 0.15) is 0 Å². The highest BCUT2D eigenvalue weighted by atomic mass is 35.5. The minimum atomic E-state index is 0.707. The molecule has 2 heteroatoms. The first-order chi connectivity index (χ1) is 11.7. The van der Waals surface area contributed by atoms with Crippen molar-refractivity contribution in [2.75, 3.05) is 0 Å². The average molecular weight is 349 g/mol. The van der Waals surface area contributed by atoms with Gasteiger partial charge in [0.2, 0.25) is 0 Å². The molecule has 0 N–H and O–H groups in total. The van der Waals surface area contributed by atoms with Crippen LogP contribution < -0.4 is 0 Å². The van der Waals surface area contributed by atoms with Crippen molar-refractivity contribution in [3.63, 3.8) is 0 Å². The maximum absolute atomic E-state index is 6.03. The van der Waals surface area contributed by atoms with Crippen molar-refractivity contribution < 1.29 is 0 Å². The number of hydrogen-bond donors (Lipinski definition) is 0. The summed E-state index contributed by atoms with van der Waals surface area (Å²) in [5, 5.41) is 1.41. The Kier molecular flexibility index (Phi) is 5.06. The van der Waals surface area contributed by atoms with Gasteiger partial charge in [-0.25, -0.2) is 0 Å². The standard InChI is InChI=1S/C22H14Cl2/c1-2-16-5-3-4-6-19(16)15-22(17-7-11-20(23)12-8-17)18-9-13-21(24)14-10-18/h1,3-15H. The van der Waals surface area contributed by atoms with Crippen LogP contribution in [0.1, 0.15) is 22.3 Å². The quantitative estimate of drug-likeness (QED) is 0.371. The minimum absolute atomic E-state index is 0.707. The van der Waals surface area contributed by atoms with Crippen molar-refractivity contribution in [1.82, 2.24) is 0 Å². The summed E-state index contributed by atoms with van der Waals surface area (Å²) in [6.45, 7) is 0. The van der Waals surface area contributed by atoms with Gasteiger partial charge in [0, 0.05) is 15.6 Å². The van der Waals surface area contributed by atoms with Crippen LogP contribution in [0.2, 0.25) is 10.0 Å². The number of terminal acetylenes is 1. The SMILES string of the molecule is C#Cc1ccccc1C=C(c1ccc(Cl)cc1)c1ccc(Cl)cc1. The first kappa shape index (κ1) is 16.4. The van der Waals surface area contributed by atoms with Crippen LogP contribution in [0.25, 0.3) is 11.6 Å². The number of rotatable bonds is 3. The van der Waals surface area contributed by atoms with Gasteiger partial charge in [-0.2, -0.15) is 0 Å². The van der Waals surface area contributed by atoms with Crippen molar-refractivity contribution >= 4 is 34.9 Å². The fourth-order valence-electron chi connectivity index (χ4n) is 2.50. The average Bonchev–Trinajstić information content (AvgIpc) is 2.62. The van der Waals surface area contributed by atoms with Crippen LogP contribution in [0.15, 0.2) is 72.8 Å². The molecule has 116 valence electrons. The van der Waals surface area contributed by atoms with Crippen molar-refractivity contribution in [3.05, 3.63) is 105 Å². The molecule has 0 aliphatic rings. The number of hydrogen-bond acceptors (Lipinski definition) is 0. The molecule has 0 unspecified atom stereocenters. The van der Waals surface area contributed by atoms with E-state index in [0.29, 0.717) is 10.0 Å². The fourth-order valence-corrected chi connectivity index (χ4v) is 2.75. The summed E-state index contributed by atoms with van der Waals surface area (Å²) in [6.07, 6.45) is 7.73. The lowest BCUT2D eigenvalue weighted by Gasteiger charge is -2.10. The molecule has 0 aliphatic heterocycles. The Balaban J connectivity index is 2.18. The Labute approximate surface area is 152 Å². The largest absolute Gasteiger partial charge is 0.115 e. The summed E-state index contributed by atoms with van der Waals surface area (Å²) < 4.78 is 0. The zero-order chi connectivity index (χ0) is 16.9. The van der Waals surface area contributed by atoms with Crippen LogP contribution in [0.5, 0.6) is 0 Å². The molecule has 0 aromatic heterocycles. The first-order valence-corrected chi connectivity index (χ1v) is 8.22. The second kappa shape index (κ2) is 7.41.